The highest BCUT2D eigenvalue weighted by Crippen LogP contribution is 2.27. The molecule has 2 amide bonds. The molecule has 1 aliphatic rings. The molecule has 0 unspecified atom stereocenters. The number of carbonyl (C=O) groups is 1. The first-order valence-corrected chi connectivity index (χ1v) is 11.8. The second-order valence-electron chi connectivity index (χ2n) is 8.87. The van der Waals surface area contributed by atoms with E-state index in [2.05, 4.69) is 31.0 Å². The van der Waals surface area contributed by atoms with E-state index in [4.69, 9.17) is 9.26 Å². The summed E-state index contributed by atoms with van der Waals surface area (Å²) >= 11 is 0. The van der Waals surface area contributed by atoms with E-state index in [1.807, 2.05) is 24.3 Å². The number of alkyl halides is 2. The minimum absolute atomic E-state index is 0.0269. The van der Waals surface area contributed by atoms with Gasteiger partial charge in [0, 0.05) is 49.7 Å². The minimum atomic E-state index is -1.43. The maximum absolute atomic E-state index is 13.1. The Hall–Kier alpha value is -3.57. The highest BCUT2D eigenvalue weighted by molar-refractivity contribution is 5.99. The van der Waals surface area contributed by atoms with Crippen molar-refractivity contribution in [3.05, 3.63) is 54.4 Å². The van der Waals surface area contributed by atoms with Gasteiger partial charge < -0.3 is 19.9 Å². The summed E-state index contributed by atoms with van der Waals surface area (Å²) in [5, 5.41) is 12.2. The number of anilines is 3. The van der Waals surface area contributed by atoms with Crippen LogP contribution in [0.4, 0.5) is 30.9 Å². The number of nitrogens with one attached hydrogen (secondary N) is 3. The summed E-state index contributed by atoms with van der Waals surface area (Å²) in [5.41, 5.74) is 1.03. The van der Waals surface area contributed by atoms with Gasteiger partial charge in [-0.05, 0) is 36.8 Å². The number of nitrogens with zero attached hydrogens (tertiary/aromatic N) is 3. The Morgan fingerprint density at radius 1 is 1.03 bits per heavy atom. The van der Waals surface area contributed by atoms with Gasteiger partial charge in [0.25, 0.3) is 0 Å². The van der Waals surface area contributed by atoms with Crippen LogP contribution in [-0.2, 0) is 10.2 Å². The number of amides is 2. The molecule has 0 atom stereocenters. The Kier molecular flexibility index (Phi) is 8.44. The van der Waals surface area contributed by atoms with E-state index < -0.39 is 24.8 Å². The molecular weight excluding hydrogens is 470 g/mol. The average Bonchev–Trinajstić information content (AvgIpc) is 3.38. The van der Waals surface area contributed by atoms with Crippen LogP contribution in [0.25, 0.3) is 11.1 Å². The predicted octanol–water partition coefficient (Wildman–Crippen LogP) is 4.32. The summed E-state index contributed by atoms with van der Waals surface area (Å²) in [6.07, 6.45) is 1.80. The number of ether oxygens (including phenoxy) is 1. The Bertz CT molecular complexity index is 1110. The smallest absolute Gasteiger partial charge is 0.324 e. The molecule has 0 radical (unpaired) electrons. The zero-order valence-corrected chi connectivity index (χ0v) is 20.1. The average molecular weight is 501 g/mol. The normalized spacial score (nSPS) is 14.4. The first-order chi connectivity index (χ1) is 17.5. The second-order valence-corrected chi connectivity index (χ2v) is 8.87. The first kappa shape index (κ1) is 25.5. The Balaban J connectivity index is 1.26. The molecule has 2 aromatic heterocycles. The molecule has 1 fully saturated rings. The number of hydrogen-bond acceptors (Lipinski definition) is 7. The molecule has 3 aromatic rings. The van der Waals surface area contributed by atoms with Crippen molar-refractivity contribution in [2.45, 2.75) is 12.3 Å². The van der Waals surface area contributed by atoms with Gasteiger partial charge in [-0.3, -0.25) is 10.2 Å². The lowest BCUT2D eigenvalue weighted by Gasteiger charge is -2.26. The standard InChI is InChI=1S/C25H30F2N6O3/c1-25(16-26,17-27)21-14-23(32-36-21)31-24(34)30-20-5-2-18(3-6-20)19-4-7-22(29-15-19)28-8-9-33-10-12-35-13-11-33/h2-7,14-15H,8-13,16-17H2,1H3,(H,28,29)(H2,30,31,32,34). The Morgan fingerprint density at radius 2 is 1.75 bits per heavy atom. The van der Waals surface area contributed by atoms with E-state index >= 15 is 0 Å². The minimum Gasteiger partial charge on any atom is -0.379 e. The van der Waals surface area contributed by atoms with E-state index in [0.717, 1.165) is 56.3 Å². The van der Waals surface area contributed by atoms with Crippen molar-refractivity contribution in [3.8, 4) is 11.1 Å². The third kappa shape index (κ3) is 6.55. The highest BCUT2D eigenvalue weighted by atomic mass is 19.1. The number of carbonyl (C=O) groups excluding carboxylic acids is 1. The number of aromatic nitrogens is 2. The summed E-state index contributed by atoms with van der Waals surface area (Å²) < 4.78 is 36.6. The van der Waals surface area contributed by atoms with Gasteiger partial charge in [-0.2, -0.15) is 0 Å². The second kappa shape index (κ2) is 11.9. The number of hydrogen-bond donors (Lipinski definition) is 3. The highest BCUT2D eigenvalue weighted by Gasteiger charge is 2.32. The Labute approximate surface area is 208 Å². The van der Waals surface area contributed by atoms with Crippen LogP contribution in [0.1, 0.15) is 12.7 Å². The SMILES string of the molecule is CC(CF)(CF)c1cc(NC(=O)Nc2ccc(-c3ccc(NCCN4CCOCC4)nc3)cc2)no1. The van der Waals surface area contributed by atoms with Crippen LogP contribution in [0.3, 0.4) is 0 Å². The van der Waals surface area contributed by atoms with Gasteiger partial charge in [0.1, 0.15) is 24.9 Å². The van der Waals surface area contributed by atoms with E-state index in [1.54, 1.807) is 18.3 Å². The fourth-order valence-corrected chi connectivity index (χ4v) is 3.65. The molecule has 1 aromatic carbocycles. The van der Waals surface area contributed by atoms with Crippen LogP contribution in [0.15, 0.2) is 53.2 Å². The van der Waals surface area contributed by atoms with Crippen LogP contribution in [0.5, 0.6) is 0 Å². The van der Waals surface area contributed by atoms with Crippen LogP contribution in [0, 0.1) is 0 Å². The quantitative estimate of drug-likeness (QED) is 0.381. The van der Waals surface area contributed by atoms with Gasteiger partial charge in [0.2, 0.25) is 0 Å². The largest absolute Gasteiger partial charge is 0.379 e. The van der Waals surface area contributed by atoms with Crippen molar-refractivity contribution >= 4 is 23.4 Å². The van der Waals surface area contributed by atoms with Crippen molar-refractivity contribution in [2.24, 2.45) is 0 Å². The third-order valence-corrected chi connectivity index (χ3v) is 6.01. The molecule has 4 rings (SSSR count). The number of rotatable bonds is 10. The van der Waals surface area contributed by atoms with Crippen molar-refractivity contribution in [1.82, 2.24) is 15.0 Å². The van der Waals surface area contributed by atoms with Gasteiger partial charge >= 0.3 is 6.03 Å². The fraction of sp³-hybridized carbons (Fsp3) is 0.400. The number of urea groups is 1. The molecular formula is C25H30F2N6O3. The summed E-state index contributed by atoms with van der Waals surface area (Å²) in [5.74, 6) is 0.910. The molecule has 3 heterocycles. The number of morpholine rings is 1. The summed E-state index contributed by atoms with van der Waals surface area (Å²) in [7, 11) is 0. The lowest BCUT2D eigenvalue weighted by molar-refractivity contribution is 0.0398. The molecule has 11 heteroatoms. The van der Waals surface area contributed by atoms with Gasteiger partial charge in [0.05, 0.1) is 18.6 Å². The summed E-state index contributed by atoms with van der Waals surface area (Å²) in [4.78, 5) is 19.1. The molecule has 0 aliphatic carbocycles. The monoisotopic (exact) mass is 500 g/mol. The van der Waals surface area contributed by atoms with Crippen molar-refractivity contribution in [1.29, 1.82) is 0 Å². The van der Waals surface area contributed by atoms with Gasteiger partial charge in [0.15, 0.2) is 5.82 Å². The van der Waals surface area contributed by atoms with E-state index in [0.29, 0.717) is 5.69 Å². The van der Waals surface area contributed by atoms with Gasteiger partial charge in [-0.1, -0.05) is 17.3 Å². The lowest BCUT2D eigenvalue weighted by Crippen LogP contribution is -2.39. The van der Waals surface area contributed by atoms with Crippen molar-refractivity contribution in [3.63, 3.8) is 0 Å². The zero-order chi connectivity index (χ0) is 25.4. The van der Waals surface area contributed by atoms with E-state index in [1.165, 1.54) is 13.0 Å². The molecule has 0 spiro atoms. The molecule has 0 saturated carbocycles. The number of benzene rings is 1. The molecule has 1 aliphatic heterocycles. The Morgan fingerprint density at radius 3 is 2.42 bits per heavy atom. The van der Waals surface area contributed by atoms with Crippen LogP contribution >= 0.6 is 0 Å². The van der Waals surface area contributed by atoms with Crippen LogP contribution in [0.2, 0.25) is 0 Å². The third-order valence-electron chi connectivity index (χ3n) is 6.01. The predicted molar refractivity (Wildman–Crippen MR) is 134 cm³/mol. The number of halogens is 2. The van der Waals surface area contributed by atoms with E-state index in [9.17, 15) is 13.6 Å². The van der Waals surface area contributed by atoms with E-state index in [-0.39, 0.29) is 11.6 Å². The summed E-state index contributed by atoms with van der Waals surface area (Å²) in [6.45, 7) is 4.75. The fourth-order valence-electron chi connectivity index (χ4n) is 3.65. The van der Waals surface area contributed by atoms with Crippen LogP contribution < -0.4 is 16.0 Å². The molecule has 9 nitrogen and oxygen atoms in total. The molecule has 0 bridgehead atoms. The van der Waals surface area contributed by atoms with Gasteiger partial charge in [-0.25, -0.2) is 18.6 Å². The maximum atomic E-state index is 13.1. The summed E-state index contributed by atoms with van der Waals surface area (Å²) in [6, 6.07) is 12.0. The molecule has 36 heavy (non-hydrogen) atoms. The first-order valence-electron chi connectivity index (χ1n) is 11.8. The zero-order valence-electron chi connectivity index (χ0n) is 20.1. The molecule has 1 saturated heterocycles. The number of pyridine rings is 1. The molecule has 192 valence electrons. The van der Waals surface area contributed by atoms with Crippen molar-refractivity contribution in [2.75, 3.05) is 68.7 Å². The lowest BCUT2D eigenvalue weighted by atomic mass is 9.91. The topological polar surface area (TPSA) is 105 Å². The van der Waals surface area contributed by atoms with Crippen LogP contribution in [-0.4, -0.2) is 73.8 Å². The van der Waals surface area contributed by atoms with Crippen molar-refractivity contribution < 1.29 is 22.8 Å². The maximum Gasteiger partial charge on any atom is 0.324 e. The molecule has 3 N–H and O–H groups in total. The van der Waals surface area contributed by atoms with Gasteiger partial charge in [-0.15, -0.1) is 0 Å².